The Bertz CT molecular complexity index is 1760. The highest BCUT2D eigenvalue weighted by atomic mass is 16.3. The monoisotopic (exact) mass is 704 g/mol. The van der Waals surface area contributed by atoms with Crippen molar-refractivity contribution in [1.82, 2.24) is 20.6 Å². The minimum Gasteiger partial charge on any atom is -0.393 e. The molecule has 0 bridgehead atoms. The van der Waals surface area contributed by atoms with E-state index in [0.29, 0.717) is 47.9 Å². The first-order chi connectivity index (χ1) is 25.0. The Labute approximate surface area is 306 Å². The lowest BCUT2D eigenvalue weighted by Gasteiger charge is -2.26. The molecular weight excluding hydrogens is 652 g/mol. The highest BCUT2D eigenvalue weighted by Gasteiger charge is 2.21. The fraction of sp³-hybridized carbons (Fsp3) is 0.429. The van der Waals surface area contributed by atoms with Gasteiger partial charge in [-0.15, -0.1) is 0 Å². The molecule has 0 spiro atoms. The van der Waals surface area contributed by atoms with E-state index in [2.05, 4.69) is 31.2 Å². The van der Waals surface area contributed by atoms with Crippen molar-refractivity contribution in [2.75, 3.05) is 10.6 Å². The first kappa shape index (κ1) is 37.3. The Morgan fingerprint density at radius 1 is 0.615 bits per heavy atom. The molecule has 0 unspecified atom stereocenters. The summed E-state index contributed by atoms with van der Waals surface area (Å²) in [5.74, 6) is -0.555. The van der Waals surface area contributed by atoms with Crippen LogP contribution in [0.15, 0.2) is 60.9 Å². The summed E-state index contributed by atoms with van der Waals surface area (Å²) in [6.07, 6.45) is 10.4. The number of carbonyl (C=O) groups is 2. The molecule has 0 saturated heterocycles. The number of nitrogens with one attached hydrogen (secondary N) is 4. The number of hydrogen-bond donors (Lipinski definition) is 6. The summed E-state index contributed by atoms with van der Waals surface area (Å²) in [4.78, 5) is 35.7. The Kier molecular flexibility index (Phi) is 12.1. The maximum Gasteiger partial charge on any atom is 0.274 e. The number of anilines is 2. The van der Waals surface area contributed by atoms with E-state index in [1.165, 1.54) is 0 Å². The van der Waals surface area contributed by atoms with Gasteiger partial charge >= 0.3 is 0 Å². The van der Waals surface area contributed by atoms with Crippen LogP contribution in [0.4, 0.5) is 11.4 Å². The molecule has 6 rings (SSSR count). The molecule has 2 aromatic heterocycles. The van der Waals surface area contributed by atoms with E-state index in [-0.39, 0.29) is 24.0 Å². The van der Waals surface area contributed by atoms with Gasteiger partial charge in [-0.1, -0.05) is 24.3 Å². The van der Waals surface area contributed by atoms with E-state index >= 15 is 0 Å². The van der Waals surface area contributed by atoms with Gasteiger partial charge in [-0.25, -0.2) is 0 Å². The topological polar surface area (TPSA) is 148 Å². The Balaban J connectivity index is 1.09. The zero-order chi connectivity index (χ0) is 36.8. The molecule has 2 amide bonds. The summed E-state index contributed by atoms with van der Waals surface area (Å²) < 4.78 is 0. The van der Waals surface area contributed by atoms with E-state index in [1.807, 2.05) is 76.2 Å². The molecule has 2 fully saturated rings. The quantitative estimate of drug-likeness (QED) is 0.102. The highest BCUT2D eigenvalue weighted by molar-refractivity contribution is 6.05. The van der Waals surface area contributed by atoms with Crippen molar-refractivity contribution in [2.45, 2.75) is 116 Å². The Morgan fingerprint density at radius 3 is 1.37 bits per heavy atom. The van der Waals surface area contributed by atoms with Crippen LogP contribution in [-0.4, -0.2) is 56.3 Å². The predicted molar refractivity (Wildman–Crippen MR) is 205 cm³/mol. The zero-order valence-corrected chi connectivity index (χ0v) is 30.8. The van der Waals surface area contributed by atoms with Gasteiger partial charge in [-0.3, -0.25) is 19.6 Å². The number of aliphatic hydroxyl groups excluding tert-OH is 2. The molecule has 2 saturated carbocycles. The number of rotatable bonds is 11. The van der Waals surface area contributed by atoms with Crippen LogP contribution in [0.3, 0.4) is 0 Å². The summed E-state index contributed by atoms with van der Waals surface area (Å²) in [6, 6.07) is 16.1. The van der Waals surface area contributed by atoms with E-state index in [0.717, 1.165) is 95.9 Å². The van der Waals surface area contributed by atoms with Crippen molar-refractivity contribution in [1.29, 1.82) is 0 Å². The number of aliphatic hydroxyl groups is 2. The molecule has 0 atom stereocenters. The van der Waals surface area contributed by atoms with E-state index in [4.69, 9.17) is 0 Å². The minimum absolute atomic E-state index is 0.181. The third-order valence-corrected chi connectivity index (χ3v) is 10.9. The lowest BCUT2D eigenvalue weighted by molar-refractivity contribution is 0.101. The number of amides is 2. The van der Waals surface area contributed by atoms with Crippen molar-refractivity contribution in [3.8, 4) is 11.1 Å². The average Bonchev–Trinajstić information content (AvgIpc) is 3.13. The fourth-order valence-corrected chi connectivity index (χ4v) is 7.35. The first-order valence-electron chi connectivity index (χ1n) is 18.6. The van der Waals surface area contributed by atoms with E-state index in [9.17, 15) is 19.8 Å². The lowest BCUT2D eigenvalue weighted by atomic mass is 9.93. The van der Waals surface area contributed by atoms with Gasteiger partial charge < -0.3 is 31.5 Å². The molecule has 0 aliphatic heterocycles. The third kappa shape index (κ3) is 9.11. The van der Waals surface area contributed by atoms with Gasteiger partial charge in [0, 0.05) is 48.9 Å². The molecular formula is C42H52N6O4. The normalized spacial score (nSPS) is 20.3. The number of hydrogen-bond acceptors (Lipinski definition) is 8. The summed E-state index contributed by atoms with van der Waals surface area (Å²) >= 11 is 0. The van der Waals surface area contributed by atoms with Gasteiger partial charge in [0.2, 0.25) is 0 Å². The van der Waals surface area contributed by atoms with E-state index in [1.54, 1.807) is 12.4 Å². The molecule has 2 aromatic carbocycles. The van der Waals surface area contributed by atoms with Crippen LogP contribution >= 0.6 is 0 Å². The van der Waals surface area contributed by atoms with Gasteiger partial charge in [0.25, 0.3) is 11.8 Å². The molecule has 274 valence electrons. The van der Waals surface area contributed by atoms with Crippen LogP contribution in [0.25, 0.3) is 11.1 Å². The molecule has 52 heavy (non-hydrogen) atoms. The minimum atomic E-state index is -0.278. The van der Waals surface area contributed by atoms with Crippen molar-refractivity contribution in [2.24, 2.45) is 0 Å². The average molecular weight is 705 g/mol. The molecule has 4 aromatic rings. The summed E-state index contributed by atoms with van der Waals surface area (Å²) in [7, 11) is 0. The lowest BCUT2D eigenvalue weighted by Crippen LogP contribution is -2.34. The summed E-state index contributed by atoms with van der Waals surface area (Å²) in [5, 5.41) is 32.8. The fourth-order valence-electron chi connectivity index (χ4n) is 7.35. The van der Waals surface area contributed by atoms with Crippen LogP contribution < -0.4 is 21.3 Å². The van der Waals surface area contributed by atoms with Gasteiger partial charge in [-0.05, 0) is 148 Å². The first-order valence-corrected chi connectivity index (χ1v) is 18.6. The molecule has 2 heterocycles. The van der Waals surface area contributed by atoms with Crippen molar-refractivity contribution in [3.63, 3.8) is 0 Å². The number of pyridine rings is 2. The zero-order valence-electron chi connectivity index (χ0n) is 30.8. The van der Waals surface area contributed by atoms with Gasteiger partial charge in [0.15, 0.2) is 0 Å². The smallest absolute Gasteiger partial charge is 0.274 e. The van der Waals surface area contributed by atoms with Crippen molar-refractivity contribution < 1.29 is 19.8 Å². The molecule has 10 nitrogen and oxygen atoms in total. The second-order valence-corrected chi connectivity index (χ2v) is 14.6. The van der Waals surface area contributed by atoms with Crippen molar-refractivity contribution in [3.05, 3.63) is 106 Å². The largest absolute Gasteiger partial charge is 0.393 e. The van der Waals surface area contributed by atoms with Gasteiger partial charge in [0.05, 0.1) is 12.2 Å². The second-order valence-electron chi connectivity index (χ2n) is 14.6. The summed E-state index contributed by atoms with van der Waals surface area (Å²) in [5.41, 5.74) is 9.90. The number of benzene rings is 2. The second kappa shape index (κ2) is 16.9. The SMILES string of the molecule is Cc1cc(C(=O)Nc2cccc(-c3cccc(NC(=O)c4cc(C)c(CN[C@H]5CC[C@H](O)CC5)cn4)c3C)c2C)ncc1CN[C@H]1CC[C@H](O)CC1. The molecule has 2 aliphatic carbocycles. The van der Waals surface area contributed by atoms with Crippen LogP contribution in [-0.2, 0) is 13.1 Å². The van der Waals surface area contributed by atoms with Gasteiger partial charge in [-0.2, -0.15) is 0 Å². The standard InChI is InChI=1S/C42H52N6O4/c1-25-19-39(45-23-29(25)21-43-31-11-15-33(49)16-12-31)41(51)47-37-9-5-7-35(27(37)3)36-8-6-10-38(28(36)4)48-42(52)40-20-26(2)30(24-46-40)22-44-32-13-17-34(50)18-14-32/h5-10,19-20,23-24,31-34,43-44,49-50H,11-18,21-22H2,1-4H3,(H,47,51)(H,48,52)/t31-,32-,33-,34-. The van der Waals surface area contributed by atoms with E-state index < -0.39 is 0 Å². The van der Waals surface area contributed by atoms with Crippen LogP contribution in [0.5, 0.6) is 0 Å². The number of carbonyl (C=O) groups excluding carboxylic acids is 2. The van der Waals surface area contributed by atoms with Crippen LogP contribution in [0.1, 0.15) is 106 Å². The number of aryl methyl sites for hydroxylation is 2. The van der Waals surface area contributed by atoms with Crippen LogP contribution in [0.2, 0.25) is 0 Å². The molecule has 10 heteroatoms. The number of aromatic nitrogens is 2. The Morgan fingerprint density at radius 2 is 1.00 bits per heavy atom. The Hall–Kier alpha value is -4.48. The maximum absolute atomic E-state index is 13.4. The third-order valence-electron chi connectivity index (χ3n) is 10.9. The van der Waals surface area contributed by atoms with Crippen molar-refractivity contribution >= 4 is 23.2 Å². The summed E-state index contributed by atoms with van der Waals surface area (Å²) in [6.45, 7) is 9.31. The van der Waals surface area contributed by atoms with Crippen LogP contribution in [0, 0.1) is 27.7 Å². The van der Waals surface area contributed by atoms with Gasteiger partial charge in [0.1, 0.15) is 11.4 Å². The number of nitrogens with zero attached hydrogens (tertiary/aromatic N) is 2. The molecule has 6 N–H and O–H groups in total. The maximum atomic E-state index is 13.4. The highest BCUT2D eigenvalue weighted by Crippen LogP contribution is 2.34. The molecule has 2 aliphatic rings. The molecule has 0 radical (unpaired) electrons. The predicted octanol–water partition coefficient (Wildman–Crippen LogP) is 6.67.